The molecule has 2 aliphatic rings. The Morgan fingerprint density at radius 3 is 2.39 bits per heavy atom. The molecule has 3 nitrogen and oxygen atoms in total. The van der Waals surface area contributed by atoms with E-state index < -0.39 is 11.6 Å². The Kier molecular flexibility index (Phi) is 9.14. The quantitative estimate of drug-likeness (QED) is 0.334. The molecule has 176 valence electrons. The van der Waals surface area contributed by atoms with Crippen molar-refractivity contribution in [2.45, 2.75) is 97.3 Å². The lowest BCUT2D eigenvalue weighted by molar-refractivity contribution is -0.234. The number of aliphatic hydroxyl groups is 1. The Morgan fingerprint density at radius 1 is 1.23 bits per heavy atom. The number of aliphatic hydroxyl groups excluding tert-OH is 1. The van der Waals surface area contributed by atoms with Crippen LogP contribution in [0.25, 0.3) is 0 Å². The largest absolute Gasteiger partial charge is 0.398 e. The van der Waals surface area contributed by atoms with E-state index in [0.29, 0.717) is 17.7 Å². The fourth-order valence-corrected chi connectivity index (χ4v) is 4.46. The van der Waals surface area contributed by atoms with Crippen LogP contribution in [0.4, 0.5) is 13.2 Å². The number of alkyl halides is 3. The molecular formula is C25H39F3N2O. The van der Waals surface area contributed by atoms with E-state index in [1.54, 1.807) is 19.2 Å². The molecule has 1 saturated carbocycles. The zero-order valence-electron chi connectivity index (χ0n) is 19.5. The maximum absolute atomic E-state index is 13.8. The average molecular weight is 441 g/mol. The number of allylic oxidation sites excluding steroid dienone is 3. The predicted octanol–water partition coefficient (Wildman–Crippen LogP) is 6.51. The van der Waals surface area contributed by atoms with E-state index in [4.69, 9.17) is 0 Å². The van der Waals surface area contributed by atoms with E-state index >= 15 is 0 Å². The minimum atomic E-state index is -4.24. The minimum Gasteiger partial charge on any atom is -0.395 e. The van der Waals surface area contributed by atoms with Crippen molar-refractivity contribution in [1.29, 1.82) is 0 Å². The number of aliphatic imine (C=N–C) groups is 1. The summed E-state index contributed by atoms with van der Waals surface area (Å²) in [4.78, 5) is 4.65. The smallest absolute Gasteiger partial charge is 0.395 e. The molecule has 0 spiro atoms. The minimum absolute atomic E-state index is 0.0202. The number of halogens is 3. The monoisotopic (exact) mass is 440 g/mol. The molecule has 0 bridgehead atoms. The maximum Gasteiger partial charge on any atom is 0.398 e. The highest BCUT2D eigenvalue weighted by molar-refractivity contribution is 5.80. The highest BCUT2D eigenvalue weighted by atomic mass is 19.4. The van der Waals surface area contributed by atoms with Crippen molar-refractivity contribution in [1.82, 2.24) is 5.32 Å². The van der Waals surface area contributed by atoms with Gasteiger partial charge in [0.2, 0.25) is 0 Å². The number of nitrogens with zero attached hydrogens (tertiary/aromatic N) is 1. The van der Waals surface area contributed by atoms with Crippen LogP contribution in [-0.2, 0) is 0 Å². The van der Waals surface area contributed by atoms with Crippen molar-refractivity contribution in [3.63, 3.8) is 0 Å². The van der Waals surface area contributed by atoms with Crippen LogP contribution in [0.2, 0.25) is 0 Å². The molecule has 0 aromatic rings. The first-order valence-electron chi connectivity index (χ1n) is 11.6. The van der Waals surface area contributed by atoms with Gasteiger partial charge in [0, 0.05) is 18.3 Å². The molecule has 1 aliphatic heterocycles. The molecule has 3 atom stereocenters. The van der Waals surface area contributed by atoms with Crippen molar-refractivity contribution >= 4 is 6.21 Å². The summed E-state index contributed by atoms with van der Waals surface area (Å²) >= 11 is 0. The van der Waals surface area contributed by atoms with Crippen molar-refractivity contribution in [3.8, 4) is 0 Å². The van der Waals surface area contributed by atoms with Crippen LogP contribution in [0.3, 0.4) is 0 Å². The summed E-state index contributed by atoms with van der Waals surface area (Å²) < 4.78 is 41.4. The van der Waals surface area contributed by atoms with E-state index in [0.717, 1.165) is 43.3 Å². The first-order valence-corrected chi connectivity index (χ1v) is 11.6. The van der Waals surface area contributed by atoms with Crippen molar-refractivity contribution in [2.75, 3.05) is 6.61 Å². The molecule has 1 heterocycles. The third-order valence-electron chi connectivity index (χ3n) is 7.38. The van der Waals surface area contributed by atoms with Gasteiger partial charge in [-0.25, -0.2) is 0 Å². The molecule has 2 rings (SSSR count). The second-order valence-corrected chi connectivity index (χ2v) is 9.35. The Hall–Kier alpha value is -1.40. The van der Waals surface area contributed by atoms with Crippen LogP contribution in [0.1, 0.15) is 79.1 Å². The van der Waals surface area contributed by atoms with Gasteiger partial charge in [-0.1, -0.05) is 45.3 Å². The predicted molar refractivity (Wildman–Crippen MR) is 122 cm³/mol. The highest BCUT2D eigenvalue weighted by Gasteiger charge is 2.59. The SMILES string of the molecule is C=C(C=NC(/C=C(\C)C1(C(F)(F)F)CCC1)=C(\C)C(C)CC)C1CCCCC(CO)N1. The molecule has 1 aliphatic carbocycles. The third kappa shape index (κ3) is 6.10. The van der Waals surface area contributed by atoms with E-state index in [1.807, 2.05) is 6.92 Å². The van der Waals surface area contributed by atoms with Gasteiger partial charge in [0.15, 0.2) is 0 Å². The molecular weight excluding hydrogens is 401 g/mol. The van der Waals surface area contributed by atoms with E-state index in [-0.39, 0.29) is 37.5 Å². The lowest BCUT2D eigenvalue weighted by atomic mass is 9.63. The summed E-state index contributed by atoms with van der Waals surface area (Å²) in [5, 5.41) is 13.0. The lowest BCUT2D eigenvalue weighted by Gasteiger charge is -2.44. The van der Waals surface area contributed by atoms with Crippen molar-refractivity contribution < 1.29 is 18.3 Å². The van der Waals surface area contributed by atoms with E-state index in [1.165, 1.54) is 0 Å². The molecule has 2 N–H and O–H groups in total. The van der Waals surface area contributed by atoms with Gasteiger partial charge in [-0.3, -0.25) is 4.99 Å². The molecule has 0 aromatic carbocycles. The van der Waals surface area contributed by atoms with Crippen LogP contribution in [0, 0.1) is 11.3 Å². The zero-order chi connectivity index (χ0) is 23.2. The summed E-state index contributed by atoms with van der Waals surface area (Å²) in [6, 6.07) is 0.0636. The molecule has 1 saturated heterocycles. The van der Waals surface area contributed by atoms with Gasteiger partial charge in [0.1, 0.15) is 0 Å². The second kappa shape index (κ2) is 11.0. The number of hydrogen-bond donors (Lipinski definition) is 2. The van der Waals surface area contributed by atoms with Crippen LogP contribution < -0.4 is 5.32 Å². The molecule has 2 fully saturated rings. The van der Waals surface area contributed by atoms with Gasteiger partial charge < -0.3 is 10.4 Å². The van der Waals surface area contributed by atoms with Crippen molar-refractivity contribution in [3.05, 3.63) is 35.1 Å². The van der Waals surface area contributed by atoms with Crippen LogP contribution >= 0.6 is 0 Å². The van der Waals surface area contributed by atoms with Crippen molar-refractivity contribution in [2.24, 2.45) is 16.3 Å². The molecule has 6 heteroatoms. The Labute approximate surface area is 185 Å². The fourth-order valence-electron chi connectivity index (χ4n) is 4.46. The number of rotatable bonds is 8. The Bertz CT molecular complexity index is 717. The van der Waals surface area contributed by atoms with Gasteiger partial charge in [-0.05, 0) is 69.1 Å². The number of hydrogen-bond acceptors (Lipinski definition) is 3. The lowest BCUT2D eigenvalue weighted by Crippen LogP contribution is -2.44. The zero-order valence-corrected chi connectivity index (χ0v) is 19.5. The standard InChI is InChI=1S/C25H39F3N2O/c1-6-17(2)20(5)23(14-19(4)24(12-9-13-24)25(26,27)28)29-15-18(3)22-11-8-7-10-21(16-31)30-22/h14-15,17,21-22,30-31H,3,6-13,16H2,1-2,4-5H3/b19-14+,23-20+,29-15?. The summed E-state index contributed by atoms with van der Waals surface area (Å²) in [5.74, 6) is 0.225. The summed E-state index contributed by atoms with van der Waals surface area (Å²) in [5.41, 5.74) is 1.03. The normalized spacial score (nSPS) is 26.8. The maximum atomic E-state index is 13.8. The molecule has 0 amide bonds. The molecule has 31 heavy (non-hydrogen) atoms. The van der Waals surface area contributed by atoms with Crippen LogP contribution in [0.15, 0.2) is 40.1 Å². The average Bonchev–Trinajstić information content (AvgIpc) is 2.93. The van der Waals surface area contributed by atoms with Gasteiger partial charge in [0.25, 0.3) is 0 Å². The summed E-state index contributed by atoms with van der Waals surface area (Å²) in [7, 11) is 0. The molecule has 0 radical (unpaired) electrons. The van der Waals surface area contributed by atoms with Gasteiger partial charge in [-0.2, -0.15) is 13.2 Å². The Balaban J connectivity index is 2.32. The molecule has 0 aromatic heterocycles. The molecule has 3 unspecified atom stereocenters. The first-order chi connectivity index (χ1) is 14.6. The highest BCUT2D eigenvalue weighted by Crippen LogP contribution is 2.57. The topological polar surface area (TPSA) is 44.6 Å². The number of nitrogens with one attached hydrogen (secondary N) is 1. The second-order valence-electron chi connectivity index (χ2n) is 9.35. The fraction of sp³-hybridized carbons (Fsp3) is 0.720. The third-order valence-corrected chi connectivity index (χ3v) is 7.38. The van der Waals surface area contributed by atoms with Gasteiger partial charge in [-0.15, -0.1) is 0 Å². The van der Waals surface area contributed by atoms with Crippen LogP contribution in [-0.4, -0.2) is 36.2 Å². The van der Waals surface area contributed by atoms with E-state index in [2.05, 4.69) is 30.7 Å². The van der Waals surface area contributed by atoms with Gasteiger partial charge >= 0.3 is 6.18 Å². The van der Waals surface area contributed by atoms with Crippen LogP contribution in [0.5, 0.6) is 0 Å². The van der Waals surface area contributed by atoms with Gasteiger partial charge in [0.05, 0.1) is 17.7 Å². The summed E-state index contributed by atoms with van der Waals surface area (Å²) in [6.07, 6.45) is 4.85. The van der Waals surface area contributed by atoms with E-state index in [9.17, 15) is 18.3 Å². The Morgan fingerprint density at radius 2 is 1.87 bits per heavy atom. The first kappa shape index (κ1) is 25.9. The summed E-state index contributed by atoms with van der Waals surface area (Å²) in [6.45, 7) is 11.9.